The quantitative estimate of drug-likeness (QED) is 0.759. The number of piperidine rings is 2. The van der Waals surface area contributed by atoms with Crippen LogP contribution in [0.25, 0.3) is 0 Å². The first-order valence-corrected chi connectivity index (χ1v) is 9.97. The highest BCUT2D eigenvalue weighted by molar-refractivity contribution is 5.89. The molecule has 2 aliphatic rings. The molecule has 5 nitrogen and oxygen atoms in total. The molecule has 0 bridgehead atoms. The molecule has 0 N–H and O–H groups in total. The molecule has 0 unspecified atom stereocenters. The fourth-order valence-electron chi connectivity index (χ4n) is 4.20. The summed E-state index contributed by atoms with van der Waals surface area (Å²) in [6.07, 6.45) is 3.29. The molecule has 0 aromatic heterocycles. The van der Waals surface area contributed by atoms with Gasteiger partial charge in [-0.1, -0.05) is 36.4 Å². The van der Waals surface area contributed by atoms with E-state index in [1.54, 1.807) is 24.3 Å². The molecule has 0 saturated carbocycles. The van der Waals surface area contributed by atoms with Crippen LogP contribution < -0.4 is 0 Å². The first-order valence-electron chi connectivity index (χ1n) is 9.97. The monoisotopic (exact) mass is 379 g/mol. The molecular weight excluding hydrogens is 354 g/mol. The largest absolute Gasteiger partial charge is 0.457 e. The number of carbonyl (C=O) groups is 2. The third-order valence-corrected chi connectivity index (χ3v) is 5.61. The van der Waals surface area contributed by atoms with Gasteiger partial charge >= 0.3 is 11.9 Å². The second kappa shape index (κ2) is 8.57. The lowest BCUT2D eigenvalue weighted by Gasteiger charge is -2.45. The predicted octanol–water partition coefficient (Wildman–Crippen LogP) is 3.70. The number of nitrogens with zero attached hydrogens (tertiary/aromatic N) is 1. The number of esters is 2. The van der Waals surface area contributed by atoms with Gasteiger partial charge in [0.25, 0.3) is 0 Å². The van der Waals surface area contributed by atoms with E-state index >= 15 is 0 Å². The minimum Gasteiger partial charge on any atom is -0.457 e. The predicted molar refractivity (Wildman–Crippen MR) is 105 cm³/mol. The molecule has 2 fully saturated rings. The summed E-state index contributed by atoms with van der Waals surface area (Å²) in [4.78, 5) is 27.1. The Morgan fingerprint density at radius 1 is 0.786 bits per heavy atom. The normalized spacial score (nSPS) is 24.8. The Bertz CT molecular complexity index is 808. The van der Waals surface area contributed by atoms with Gasteiger partial charge in [0.1, 0.15) is 12.2 Å². The first-order chi connectivity index (χ1) is 13.7. The van der Waals surface area contributed by atoms with Gasteiger partial charge in [0.15, 0.2) is 0 Å². The Morgan fingerprint density at radius 3 is 2.04 bits per heavy atom. The van der Waals surface area contributed by atoms with Crippen molar-refractivity contribution < 1.29 is 19.1 Å². The highest BCUT2D eigenvalue weighted by Crippen LogP contribution is 2.30. The summed E-state index contributed by atoms with van der Waals surface area (Å²) in [6.45, 7) is 1.64. The van der Waals surface area contributed by atoms with Gasteiger partial charge < -0.3 is 9.47 Å². The molecule has 0 spiro atoms. The van der Waals surface area contributed by atoms with Crippen LogP contribution >= 0.6 is 0 Å². The van der Waals surface area contributed by atoms with E-state index in [0.717, 1.165) is 32.2 Å². The lowest BCUT2D eigenvalue weighted by molar-refractivity contribution is -0.0638. The number of carbonyl (C=O) groups excluding carboxylic acids is 2. The molecule has 2 saturated heterocycles. The van der Waals surface area contributed by atoms with Gasteiger partial charge in [0.05, 0.1) is 11.1 Å². The third-order valence-electron chi connectivity index (χ3n) is 5.61. The van der Waals surface area contributed by atoms with Crippen molar-refractivity contribution in [1.29, 1.82) is 0 Å². The summed E-state index contributed by atoms with van der Waals surface area (Å²) in [5.41, 5.74) is 1.17. The Morgan fingerprint density at radius 2 is 1.39 bits per heavy atom. The lowest BCUT2D eigenvalue weighted by Crippen LogP contribution is -2.55. The smallest absolute Gasteiger partial charge is 0.338 e. The summed E-state index contributed by atoms with van der Waals surface area (Å²) in [6, 6.07) is 18.4. The maximum Gasteiger partial charge on any atom is 0.338 e. The van der Waals surface area contributed by atoms with Crippen LogP contribution in [0.1, 0.15) is 46.4 Å². The summed E-state index contributed by atoms with van der Waals surface area (Å²) >= 11 is 0. The summed E-state index contributed by atoms with van der Waals surface area (Å²) in [5, 5.41) is 0. The van der Waals surface area contributed by atoms with E-state index in [1.807, 2.05) is 36.4 Å². The van der Waals surface area contributed by atoms with Crippen molar-refractivity contribution in [1.82, 2.24) is 4.90 Å². The highest BCUT2D eigenvalue weighted by atomic mass is 16.6. The van der Waals surface area contributed by atoms with Gasteiger partial charge in [-0.25, -0.2) is 9.59 Å². The fourth-order valence-corrected chi connectivity index (χ4v) is 4.20. The molecule has 3 atom stereocenters. The standard InChI is InChI=1S/C23H25NO4/c25-22(17-8-3-1-4-9-17)27-19-13-14-20-21(12-7-15-24(20)16-19)28-23(26)18-10-5-2-6-11-18/h1-6,8-11,19-21H,7,12-16H2/t19-,20-,21-/m0/s1. The minimum absolute atomic E-state index is 0.104. The third kappa shape index (κ3) is 4.25. The van der Waals surface area contributed by atoms with Crippen molar-refractivity contribution in [2.45, 2.75) is 43.9 Å². The molecule has 5 heteroatoms. The number of ether oxygens (including phenoxy) is 2. The summed E-state index contributed by atoms with van der Waals surface area (Å²) in [7, 11) is 0. The molecule has 28 heavy (non-hydrogen) atoms. The molecule has 2 aromatic carbocycles. The van der Waals surface area contributed by atoms with Crippen LogP contribution in [0.3, 0.4) is 0 Å². The fraction of sp³-hybridized carbons (Fsp3) is 0.391. The Balaban J connectivity index is 1.35. The molecule has 0 amide bonds. The number of rotatable bonds is 4. The van der Waals surface area contributed by atoms with Gasteiger partial charge in [0.2, 0.25) is 0 Å². The number of hydrogen-bond donors (Lipinski definition) is 0. The molecule has 2 heterocycles. The second-order valence-corrected chi connectivity index (χ2v) is 7.48. The van der Waals surface area contributed by atoms with Crippen LogP contribution in [0, 0.1) is 0 Å². The zero-order chi connectivity index (χ0) is 19.3. The van der Waals surface area contributed by atoms with Crippen LogP contribution in [0.5, 0.6) is 0 Å². The van der Waals surface area contributed by atoms with Crippen molar-refractivity contribution in [2.24, 2.45) is 0 Å². The van der Waals surface area contributed by atoms with Crippen LogP contribution in [0.2, 0.25) is 0 Å². The Kier molecular flexibility index (Phi) is 5.72. The number of hydrogen-bond acceptors (Lipinski definition) is 5. The number of fused-ring (bicyclic) bond motifs is 1. The van der Waals surface area contributed by atoms with E-state index in [2.05, 4.69) is 4.90 Å². The lowest BCUT2D eigenvalue weighted by atomic mass is 9.89. The number of benzene rings is 2. The SMILES string of the molecule is O=C(O[C@H]1CC[C@H]2[C@@H](OC(=O)c3ccccc3)CCCN2C1)c1ccccc1. The molecular formula is C23H25NO4. The zero-order valence-electron chi connectivity index (χ0n) is 15.8. The van der Waals surface area contributed by atoms with E-state index in [4.69, 9.17) is 9.47 Å². The van der Waals surface area contributed by atoms with Gasteiger partial charge in [-0.15, -0.1) is 0 Å². The zero-order valence-corrected chi connectivity index (χ0v) is 15.8. The molecule has 0 aliphatic carbocycles. The minimum atomic E-state index is -0.270. The maximum atomic E-state index is 12.4. The van der Waals surface area contributed by atoms with Crippen molar-refractivity contribution in [3.8, 4) is 0 Å². The average molecular weight is 379 g/mol. The van der Waals surface area contributed by atoms with Crippen LogP contribution in [-0.2, 0) is 9.47 Å². The molecule has 2 aliphatic heterocycles. The van der Waals surface area contributed by atoms with Crippen LogP contribution in [-0.4, -0.2) is 48.2 Å². The van der Waals surface area contributed by atoms with Gasteiger partial charge in [-0.2, -0.15) is 0 Å². The maximum absolute atomic E-state index is 12.4. The topological polar surface area (TPSA) is 55.8 Å². The molecule has 4 rings (SSSR count). The first kappa shape index (κ1) is 18.7. The van der Waals surface area contributed by atoms with E-state index in [9.17, 15) is 9.59 Å². The summed E-state index contributed by atoms with van der Waals surface area (Å²) in [5.74, 6) is -0.529. The highest BCUT2D eigenvalue weighted by Gasteiger charge is 2.39. The van der Waals surface area contributed by atoms with Crippen molar-refractivity contribution in [2.75, 3.05) is 13.1 Å². The van der Waals surface area contributed by atoms with E-state index in [1.165, 1.54) is 0 Å². The molecule has 0 radical (unpaired) electrons. The van der Waals surface area contributed by atoms with Gasteiger partial charge in [-0.3, -0.25) is 4.90 Å². The average Bonchev–Trinajstić information content (AvgIpc) is 2.75. The van der Waals surface area contributed by atoms with E-state index < -0.39 is 0 Å². The van der Waals surface area contributed by atoms with Crippen LogP contribution in [0.15, 0.2) is 60.7 Å². The molecule has 146 valence electrons. The second-order valence-electron chi connectivity index (χ2n) is 7.48. The van der Waals surface area contributed by atoms with E-state index in [0.29, 0.717) is 17.7 Å². The van der Waals surface area contributed by atoms with Crippen molar-refractivity contribution in [3.63, 3.8) is 0 Å². The van der Waals surface area contributed by atoms with Crippen molar-refractivity contribution in [3.05, 3.63) is 71.8 Å². The Labute approximate surface area is 165 Å². The molecule has 2 aromatic rings. The van der Waals surface area contributed by atoms with Gasteiger partial charge in [0, 0.05) is 12.6 Å². The van der Waals surface area contributed by atoms with Gasteiger partial charge in [-0.05, 0) is 56.5 Å². The summed E-state index contributed by atoms with van der Waals surface area (Å²) < 4.78 is 11.6. The van der Waals surface area contributed by atoms with Crippen molar-refractivity contribution >= 4 is 11.9 Å². The van der Waals surface area contributed by atoms with E-state index in [-0.39, 0.29) is 30.2 Å². The van der Waals surface area contributed by atoms with Crippen LogP contribution in [0.4, 0.5) is 0 Å². The Hall–Kier alpha value is -2.66.